The Labute approximate surface area is 115 Å². The van der Waals surface area contributed by atoms with E-state index in [1.807, 2.05) is 13.8 Å². The van der Waals surface area contributed by atoms with Crippen molar-refractivity contribution >= 4 is 5.91 Å². The summed E-state index contributed by atoms with van der Waals surface area (Å²) >= 11 is 0. The first-order valence-electron chi connectivity index (χ1n) is 6.10. The van der Waals surface area contributed by atoms with E-state index in [1.54, 1.807) is 0 Å². The fourth-order valence-electron chi connectivity index (χ4n) is 1.46. The molecule has 2 aromatic rings. The number of carbonyl (C=O) groups is 1. The normalized spacial score (nSPS) is 11.4. The predicted octanol–water partition coefficient (Wildman–Crippen LogP) is 0.873. The molecule has 6 nitrogen and oxygen atoms in total. The second-order valence-corrected chi connectivity index (χ2v) is 5.17. The van der Waals surface area contributed by atoms with Gasteiger partial charge in [-0.15, -0.1) is 5.10 Å². The molecule has 1 heterocycles. The Hall–Kier alpha value is -2.28. The number of aromatic nitrogens is 3. The molecule has 0 bridgehead atoms. The van der Waals surface area contributed by atoms with Gasteiger partial charge in [0.25, 0.3) is 5.91 Å². The first-order chi connectivity index (χ1) is 9.35. The van der Waals surface area contributed by atoms with Crippen LogP contribution in [0.15, 0.2) is 30.5 Å². The summed E-state index contributed by atoms with van der Waals surface area (Å²) in [5, 5.41) is 10.7. The molecule has 0 aliphatic carbocycles. The number of nitrogens with two attached hydrogens (primary N) is 1. The molecular formula is C13H16FN5O. The number of hydrogen-bond acceptors (Lipinski definition) is 4. The van der Waals surface area contributed by atoms with Crippen molar-refractivity contribution in [3.8, 4) is 5.69 Å². The SMILES string of the molecule is CC(C)(N)CNC(=O)c1cnn(-c2ccc(F)cc2)n1. The van der Waals surface area contributed by atoms with Crippen LogP contribution >= 0.6 is 0 Å². The lowest BCUT2D eigenvalue weighted by Crippen LogP contribution is -2.45. The highest BCUT2D eigenvalue weighted by Gasteiger charge is 2.15. The van der Waals surface area contributed by atoms with E-state index in [1.165, 1.54) is 35.3 Å². The van der Waals surface area contributed by atoms with Crippen LogP contribution in [-0.4, -0.2) is 33.0 Å². The highest BCUT2D eigenvalue weighted by molar-refractivity contribution is 5.91. The van der Waals surface area contributed by atoms with E-state index in [0.717, 1.165) is 0 Å². The second-order valence-electron chi connectivity index (χ2n) is 5.17. The number of carbonyl (C=O) groups excluding carboxylic acids is 1. The summed E-state index contributed by atoms with van der Waals surface area (Å²) in [6.07, 6.45) is 1.35. The fourth-order valence-corrected chi connectivity index (χ4v) is 1.46. The van der Waals surface area contributed by atoms with Crippen LogP contribution < -0.4 is 11.1 Å². The Balaban J connectivity index is 2.09. The first-order valence-corrected chi connectivity index (χ1v) is 6.10. The summed E-state index contributed by atoms with van der Waals surface area (Å²) < 4.78 is 12.8. The largest absolute Gasteiger partial charge is 0.349 e. The van der Waals surface area contributed by atoms with Crippen LogP contribution in [0.25, 0.3) is 5.69 Å². The molecule has 0 unspecified atom stereocenters. The minimum absolute atomic E-state index is 0.179. The third-order valence-electron chi connectivity index (χ3n) is 2.49. The van der Waals surface area contributed by atoms with Gasteiger partial charge in [-0.25, -0.2) is 4.39 Å². The number of hydrogen-bond donors (Lipinski definition) is 2. The van der Waals surface area contributed by atoms with Gasteiger partial charge in [-0.3, -0.25) is 4.79 Å². The molecule has 1 aromatic heterocycles. The molecular weight excluding hydrogens is 261 g/mol. The Kier molecular flexibility index (Phi) is 3.80. The van der Waals surface area contributed by atoms with Gasteiger partial charge in [-0.1, -0.05) is 0 Å². The van der Waals surface area contributed by atoms with Gasteiger partial charge >= 0.3 is 0 Å². The number of amides is 1. The molecule has 0 saturated carbocycles. The van der Waals surface area contributed by atoms with Crippen molar-refractivity contribution in [3.63, 3.8) is 0 Å². The van der Waals surface area contributed by atoms with Crippen molar-refractivity contribution in [2.45, 2.75) is 19.4 Å². The molecule has 0 atom stereocenters. The zero-order chi connectivity index (χ0) is 14.8. The smallest absolute Gasteiger partial charge is 0.273 e. The minimum Gasteiger partial charge on any atom is -0.349 e. The molecule has 7 heteroatoms. The lowest BCUT2D eigenvalue weighted by Gasteiger charge is -2.18. The van der Waals surface area contributed by atoms with E-state index in [2.05, 4.69) is 15.5 Å². The number of rotatable bonds is 4. The van der Waals surface area contributed by atoms with Gasteiger partial charge in [-0.05, 0) is 38.1 Å². The Morgan fingerprint density at radius 3 is 2.65 bits per heavy atom. The molecule has 0 spiro atoms. The minimum atomic E-state index is -0.497. The Morgan fingerprint density at radius 2 is 2.05 bits per heavy atom. The van der Waals surface area contributed by atoms with Crippen LogP contribution in [0.2, 0.25) is 0 Å². The Bertz CT molecular complexity index is 600. The highest BCUT2D eigenvalue weighted by atomic mass is 19.1. The third kappa shape index (κ3) is 3.61. The Morgan fingerprint density at radius 1 is 1.40 bits per heavy atom. The molecule has 1 amide bonds. The predicted molar refractivity (Wildman–Crippen MR) is 71.9 cm³/mol. The molecule has 20 heavy (non-hydrogen) atoms. The van der Waals surface area contributed by atoms with E-state index in [0.29, 0.717) is 12.2 Å². The summed E-state index contributed by atoms with van der Waals surface area (Å²) in [5.74, 6) is -0.694. The number of nitrogens with zero attached hydrogens (tertiary/aromatic N) is 3. The monoisotopic (exact) mass is 277 g/mol. The van der Waals surface area contributed by atoms with Crippen molar-refractivity contribution in [2.75, 3.05) is 6.54 Å². The van der Waals surface area contributed by atoms with Gasteiger partial charge in [0.05, 0.1) is 11.9 Å². The average Bonchev–Trinajstić information content (AvgIpc) is 2.85. The van der Waals surface area contributed by atoms with Gasteiger partial charge in [0.2, 0.25) is 0 Å². The molecule has 0 aliphatic rings. The van der Waals surface area contributed by atoms with Crippen LogP contribution in [0.1, 0.15) is 24.3 Å². The lowest BCUT2D eigenvalue weighted by molar-refractivity contribution is 0.0940. The summed E-state index contributed by atoms with van der Waals surface area (Å²) in [5.41, 5.74) is 6.04. The fraction of sp³-hybridized carbons (Fsp3) is 0.308. The van der Waals surface area contributed by atoms with E-state index < -0.39 is 5.54 Å². The van der Waals surface area contributed by atoms with Crippen LogP contribution in [0.5, 0.6) is 0 Å². The molecule has 106 valence electrons. The topological polar surface area (TPSA) is 85.8 Å². The molecule has 1 aromatic carbocycles. The maximum atomic E-state index is 12.8. The van der Waals surface area contributed by atoms with E-state index >= 15 is 0 Å². The average molecular weight is 277 g/mol. The van der Waals surface area contributed by atoms with Crippen LogP contribution in [0, 0.1) is 5.82 Å². The maximum absolute atomic E-state index is 12.8. The zero-order valence-electron chi connectivity index (χ0n) is 11.3. The third-order valence-corrected chi connectivity index (χ3v) is 2.49. The van der Waals surface area contributed by atoms with Crippen molar-refractivity contribution in [3.05, 3.63) is 42.0 Å². The van der Waals surface area contributed by atoms with Crippen molar-refractivity contribution < 1.29 is 9.18 Å². The van der Waals surface area contributed by atoms with E-state index in [9.17, 15) is 9.18 Å². The van der Waals surface area contributed by atoms with Crippen molar-refractivity contribution in [1.82, 2.24) is 20.3 Å². The second kappa shape index (κ2) is 5.38. The standard InChI is InChI=1S/C13H16FN5O/c1-13(2,15)8-16-12(20)11-7-17-19(18-11)10-5-3-9(14)4-6-10/h3-7H,8,15H2,1-2H3,(H,16,20). The summed E-state index contributed by atoms with van der Waals surface area (Å²) in [6.45, 7) is 3.94. The van der Waals surface area contributed by atoms with Crippen LogP contribution in [0.4, 0.5) is 4.39 Å². The van der Waals surface area contributed by atoms with Gasteiger partial charge in [-0.2, -0.15) is 9.90 Å². The number of nitrogens with one attached hydrogen (secondary N) is 1. The summed E-state index contributed by atoms with van der Waals surface area (Å²) in [4.78, 5) is 13.1. The molecule has 0 fully saturated rings. The van der Waals surface area contributed by atoms with Crippen LogP contribution in [-0.2, 0) is 0 Å². The molecule has 0 radical (unpaired) electrons. The van der Waals surface area contributed by atoms with Gasteiger partial charge < -0.3 is 11.1 Å². The first kappa shape index (κ1) is 14.1. The van der Waals surface area contributed by atoms with Gasteiger partial charge in [0.1, 0.15) is 5.82 Å². The number of halogens is 1. The van der Waals surface area contributed by atoms with Crippen molar-refractivity contribution in [2.24, 2.45) is 5.73 Å². The summed E-state index contributed by atoms with van der Waals surface area (Å²) in [6, 6.07) is 5.66. The summed E-state index contributed by atoms with van der Waals surface area (Å²) in [7, 11) is 0. The number of benzene rings is 1. The quantitative estimate of drug-likeness (QED) is 0.868. The molecule has 0 aliphatic heterocycles. The highest BCUT2D eigenvalue weighted by Crippen LogP contribution is 2.07. The van der Waals surface area contributed by atoms with Gasteiger partial charge in [0.15, 0.2) is 5.69 Å². The van der Waals surface area contributed by atoms with Gasteiger partial charge in [0, 0.05) is 12.1 Å². The molecule has 3 N–H and O–H groups in total. The van der Waals surface area contributed by atoms with Crippen molar-refractivity contribution in [1.29, 1.82) is 0 Å². The lowest BCUT2D eigenvalue weighted by atomic mass is 10.1. The van der Waals surface area contributed by atoms with Crippen LogP contribution in [0.3, 0.4) is 0 Å². The molecule has 2 rings (SSSR count). The molecule has 0 saturated heterocycles. The van der Waals surface area contributed by atoms with E-state index in [-0.39, 0.29) is 17.4 Å². The van der Waals surface area contributed by atoms with E-state index in [4.69, 9.17) is 5.73 Å². The zero-order valence-corrected chi connectivity index (χ0v) is 11.3. The maximum Gasteiger partial charge on any atom is 0.273 e.